The predicted octanol–water partition coefficient (Wildman–Crippen LogP) is 13.4. The van der Waals surface area contributed by atoms with E-state index in [1.54, 1.807) is 0 Å². The summed E-state index contributed by atoms with van der Waals surface area (Å²) in [4.78, 5) is 0. The number of rotatable bonds is 2. The van der Waals surface area contributed by atoms with Crippen LogP contribution in [0.15, 0.2) is 156 Å². The van der Waals surface area contributed by atoms with Gasteiger partial charge in [-0.05, 0) is 112 Å². The van der Waals surface area contributed by atoms with Crippen LogP contribution in [0.5, 0.6) is 0 Å². The summed E-state index contributed by atoms with van der Waals surface area (Å²) in [5, 5.41) is 11.6. The van der Waals surface area contributed by atoms with Gasteiger partial charge in [-0.15, -0.1) is 0 Å². The molecule has 8 aromatic rings. The van der Waals surface area contributed by atoms with E-state index in [4.69, 9.17) is 23.2 Å². The molecule has 8 aromatic carbocycles. The van der Waals surface area contributed by atoms with E-state index in [2.05, 4.69) is 143 Å². The van der Waals surface area contributed by atoms with E-state index >= 15 is 0 Å². The maximum absolute atomic E-state index is 6.05. The lowest BCUT2D eigenvalue weighted by molar-refractivity contribution is 1.66. The van der Waals surface area contributed by atoms with E-state index in [1.165, 1.54) is 65.3 Å². The van der Waals surface area contributed by atoms with Crippen LogP contribution in [0.1, 0.15) is 0 Å². The second-order valence-electron chi connectivity index (χ2n) is 10.5. The first kappa shape index (κ1) is 27.7. The minimum Gasteiger partial charge on any atom is -0.0843 e. The third-order valence-electron chi connectivity index (χ3n) is 7.90. The van der Waals surface area contributed by atoms with Crippen LogP contribution in [0.25, 0.3) is 65.3 Å². The SMILES string of the molecule is Clc1ccc(-c2c3ccccc3c(Br)c3ccccc23)cc1.Clc1ccc(-c2c3ccccc3cc3ccccc23)cc1. The quantitative estimate of drug-likeness (QED) is 0.163. The number of hydrogen-bond donors (Lipinski definition) is 0. The molecule has 206 valence electrons. The number of halogens is 3. The Morgan fingerprint density at radius 2 is 0.674 bits per heavy atom. The molecule has 0 aromatic heterocycles. The Labute approximate surface area is 269 Å². The van der Waals surface area contributed by atoms with Crippen molar-refractivity contribution < 1.29 is 0 Å². The molecule has 0 fully saturated rings. The lowest BCUT2D eigenvalue weighted by Crippen LogP contribution is -1.87. The fourth-order valence-corrected chi connectivity index (χ4v) is 6.89. The summed E-state index contributed by atoms with van der Waals surface area (Å²) in [6, 6.07) is 52.5. The van der Waals surface area contributed by atoms with Gasteiger partial charge in [0.05, 0.1) is 0 Å². The Kier molecular flexibility index (Phi) is 7.63. The molecule has 0 bridgehead atoms. The molecular weight excluding hydrogens is 631 g/mol. The highest BCUT2D eigenvalue weighted by molar-refractivity contribution is 9.10. The van der Waals surface area contributed by atoms with E-state index in [1.807, 2.05) is 24.3 Å². The maximum atomic E-state index is 6.05. The Bertz CT molecular complexity index is 2140. The Morgan fingerprint density at radius 3 is 1.09 bits per heavy atom. The predicted molar refractivity (Wildman–Crippen MR) is 191 cm³/mol. The average Bonchev–Trinajstić information content (AvgIpc) is 3.05. The zero-order chi connectivity index (χ0) is 29.3. The monoisotopic (exact) mass is 654 g/mol. The molecule has 0 aliphatic carbocycles. The van der Waals surface area contributed by atoms with Crippen LogP contribution in [0.2, 0.25) is 10.0 Å². The van der Waals surface area contributed by atoms with Crippen molar-refractivity contribution in [3.05, 3.63) is 166 Å². The highest BCUT2D eigenvalue weighted by Crippen LogP contribution is 2.41. The highest BCUT2D eigenvalue weighted by Gasteiger charge is 2.13. The molecule has 0 saturated heterocycles. The van der Waals surface area contributed by atoms with E-state index in [9.17, 15) is 0 Å². The van der Waals surface area contributed by atoms with Gasteiger partial charge in [-0.2, -0.15) is 0 Å². The molecule has 0 radical (unpaired) electrons. The van der Waals surface area contributed by atoms with Gasteiger partial charge in [0.15, 0.2) is 0 Å². The average molecular weight is 656 g/mol. The largest absolute Gasteiger partial charge is 0.0843 e. The summed E-state index contributed by atoms with van der Waals surface area (Å²) >= 11 is 15.9. The second kappa shape index (κ2) is 11.9. The standard InChI is InChI=1S/C20H12BrCl.C20H13Cl/c21-20-17-7-3-1-5-15(17)19(13-9-11-14(22)12-10-13)16-6-2-4-8-18(16)20;21-17-11-9-14(10-12-17)20-18-7-3-1-5-15(18)13-16-6-2-4-8-19(16)20/h1-12H;1-13H. The van der Waals surface area contributed by atoms with E-state index < -0.39 is 0 Å². The fourth-order valence-electron chi connectivity index (χ4n) is 5.94. The van der Waals surface area contributed by atoms with Crippen molar-refractivity contribution in [1.82, 2.24) is 0 Å². The van der Waals surface area contributed by atoms with Gasteiger partial charge in [-0.1, -0.05) is 145 Å². The van der Waals surface area contributed by atoms with E-state index in [0.717, 1.165) is 14.5 Å². The van der Waals surface area contributed by atoms with E-state index in [0.29, 0.717) is 0 Å². The van der Waals surface area contributed by atoms with Crippen LogP contribution >= 0.6 is 39.1 Å². The van der Waals surface area contributed by atoms with Crippen molar-refractivity contribution in [2.75, 3.05) is 0 Å². The molecule has 0 aliphatic heterocycles. The van der Waals surface area contributed by atoms with Crippen molar-refractivity contribution in [3.63, 3.8) is 0 Å². The first-order chi connectivity index (χ1) is 21.1. The molecule has 0 aliphatic rings. The molecule has 8 rings (SSSR count). The van der Waals surface area contributed by atoms with Gasteiger partial charge >= 0.3 is 0 Å². The molecule has 43 heavy (non-hydrogen) atoms. The van der Waals surface area contributed by atoms with Crippen LogP contribution in [-0.4, -0.2) is 0 Å². The molecule has 0 N–H and O–H groups in total. The third-order valence-corrected chi connectivity index (χ3v) is 9.26. The zero-order valence-electron chi connectivity index (χ0n) is 23.1. The molecule has 3 heteroatoms. The first-order valence-electron chi connectivity index (χ1n) is 14.1. The highest BCUT2D eigenvalue weighted by atomic mass is 79.9. The third kappa shape index (κ3) is 5.30. The summed E-state index contributed by atoms with van der Waals surface area (Å²) in [6.07, 6.45) is 0. The number of benzene rings is 8. The summed E-state index contributed by atoms with van der Waals surface area (Å²) < 4.78 is 1.15. The van der Waals surface area contributed by atoms with Crippen LogP contribution in [0, 0.1) is 0 Å². The molecule has 0 nitrogen and oxygen atoms in total. The van der Waals surface area contributed by atoms with Gasteiger partial charge in [0.2, 0.25) is 0 Å². The second-order valence-corrected chi connectivity index (χ2v) is 12.2. The number of fused-ring (bicyclic) bond motifs is 4. The summed E-state index contributed by atoms with van der Waals surface area (Å²) in [7, 11) is 0. The van der Waals surface area contributed by atoms with Crippen LogP contribution < -0.4 is 0 Å². The minimum absolute atomic E-state index is 0.759. The molecule has 0 heterocycles. The van der Waals surface area contributed by atoms with Gasteiger partial charge in [0.1, 0.15) is 0 Å². The van der Waals surface area contributed by atoms with Gasteiger partial charge in [0, 0.05) is 14.5 Å². The lowest BCUT2D eigenvalue weighted by atomic mass is 9.92. The van der Waals surface area contributed by atoms with Crippen LogP contribution in [0.3, 0.4) is 0 Å². The van der Waals surface area contributed by atoms with Gasteiger partial charge < -0.3 is 0 Å². The van der Waals surface area contributed by atoms with Gasteiger partial charge in [0.25, 0.3) is 0 Å². The normalized spacial score (nSPS) is 11.1. The summed E-state index contributed by atoms with van der Waals surface area (Å²) in [5.74, 6) is 0. The molecular formula is C40H25BrCl2. The summed E-state index contributed by atoms with van der Waals surface area (Å²) in [6.45, 7) is 0. The van der Waals surface area contributed by atoms with E-state index in [-0.39, 0.29) is 0 Å². The zero-order valence-corrected chi connectivity index (χ0v) is 26.2. The maximum Gasteiger partial charge on any atom is 0.0406 e. The van der Waals surface area contributed by atoms with Crippen molar-refractivity contribution >= 4 is 82.2 Å². The minimum atomic E-state index is 0.759. The van der Waals surface area contributed by atoms with Crippen molar-refractivity contribution in [3.8, 4) is 22.3 Å². The van der Waals surface area contributed by atoms with Crippen molar-refractivity contribution in [1.29, 1.82) is 0 Å². The first-order valence-corrected chi connectivity index (χ1v) is 15.6. The molecule has 0 saturated carbocycles. The van der Waals surface area contributed by atoms with Crippen molar-refractivity contribution in [2.24, 2.45) is 0 Å². The smallest absolute Gasteiger partial charge is 0.0406 e. The summed E-state index contributed by atoms with van der Waals surface area (Å²) in [5.41, 5.74) is 4.92. The Hall–Kier alpha value is -4.14. The van der Waals surface area contributed by atoms with Gasteiger partial charge in [-0.3, -0.25) is 0 Å². The van der Waals surface area contributed by atoms with Crippen molar-refractivity contribution in [2.45, 2.75) is 0 Å². The fraction of sp³-hybridized carbons (Fsp3) is 0. The number of hydrogen-bond acceptors (Lipinski definition) is 0. The Morgan fingerprint density at radius 1 is 0.349 bits per heavy atom. The molecule has 0 atom stereocenters. The van der Waals surface area contributed by atoms with Crippen LogP contribution in [0.4, 0.5) is 0 Å². The Balaban J connectivity index is 0.000000140. The van der Waals surface area contributed by atoms with Gasteiger partial charge in [-0.25, -0.2) is 0 Å². The topological polar surface area (TPSA) is 0 Å². The lowest BCUT2D eigenvalue weighted by Gasteiger charge is -2.14. The molecule has 0 spiro atoms. The molecule has 0 amide bonds. The van der Waals surface area contributed by atoms with Crippen LogP contribution in [-0.2, 0) is 0 Å². The molecule has 0 unspecified atom stereocenters.